The van der Waals surface area contributed by atoms with E-state index in [2.05, 4.69) is 0 Å². The third kappa shape index (κ3) is 5.82. The van der Waals surface area contributed by atoms with Crippen molar-refractivity contribution in [2.45, 2.75) is 13.3 Å². The normalized spacial score (nSPS) is 8.71. The maximum Gasteiger partial charge on any atom is 0.364 e. The van der Waals surface area contributed by atoms with Gasteiger partial charge in [0.1, 0.15) is 0 Å². The van der Waals surface area contributed by atoms with E-state index in [1.807, 2.05) is 6.92 Å². The molecular formula is C4H8O2S. The molecule has 0 aliphatic rings. The highest BCUT2D eigenvalue weighted by atomic mass is 32.2. The predicted octanol–water partition coefficient (Wildman–Crippen LogP) is 1.81. The van der Waals surface area contributed by atoms with Gasteiger partial charge in [-0.2, -0.15) is 0 Å². The van der Waals surface area contributed by atoms with Crippen LogP contribution in [-0.4, -0.2) is 16.2 Å². The Morgan fingerprint density at radius 3 is 2.57 bits per heavy atom. The molecule has 1 N–H and O–H groups in total. The van der Waals surface area contributed by atoms with E-state index in [0.717, 1.165) is 23.9 Å². The quantitative estimate of drug-likeness (QED) is 0.603. The van der Waals surface area contributed by atoms with Gasteiger partial charge in [-0.3, -0.25) is 0 Å². The minimum Gasteiger partial charge on any atom is -0.473 e. The summed E-state index contributed by atoms with van der Waals surface area (Å²) < 4.78 is 0. The molecule has 0 amide bonds. The number of hydrogen-bond acceptors (Lipinski definition) is 2. The molecule has 3 heteroatoms. The van der Waals surface area contributed by atoms with Gasteiger partial charge in [-0.1, -0.05) is 6.92 Å². The molecule has 0 aliphatic heterocycles. The van der Waals surface area contributed by atoms with Crippen LogP contribution in [0.5, 0.6) is 0 Å². The molecule has 0 aromatic carbocycles. The van der Waals surface area contributed by atoms with Crippen molar-refractivity contribution in [1.29, 1.82) is 0 Å². The highest BCUT2D eigenvalue weighted by molar-refractivity contribution is 8.13. The number of carboxylic acid groups (broad SMARTS) is 1. The molecule has 0 bridgehead atoms. The van der Waals surface area contributed by atoms with Crippen LogP contribution in [0.4, 0.5) is 4.79 Å². The lowest BCUT2D eigenvalue weighted by Gasteiger charge is -1.85. The van der Waals surface area contributed by atoms with Gasteiger partial charge in [0, 0.05) is 5.75 Å². The van der Waals surface area contributed by atoms with E-state index in [4.69, 9.17) is 5.11 Å². The third-order valence-electron chi connectivity index (χ3n) is 0.430. The van der Waals surface area contributed by atoms with Crippen LogP contribution >= 0.6 is 11.8 Å². The molecular weight excluding hydrogens is 112 g/mol. The van der Waals surface area contributed by atoms with Crippen molar-refractivity contribution in [3.63, 3.8) is 0 Å². The van der Waals surface area contributed by atoms with E-state index < -0.39 is 5.30 Å². The van der Waals surface area contributed by atoms with Gasteiger partial charge < -0.3 is 5.11 Å². The zero-order valence-electron chi connectivity index (χ0n) is 4.18. The van der Waals surface area contributed by atoms with Crippen molar-refractivity contribution in [2.24, 2.45) is 0 Å². The molecule has 0 aliphatic carbocycles. The first-order valence-corrected chi connectivity index (χ1v) is 3.11. The topological polar surface area (TPSA) is 37.3 Å². The zero-order chi connectivity index (χ0) is 5.70. The summed E-state index contributed by atoms with van der Waals surface area (Å²) in [6.45, 7) is 1.95. The Kier molecular flexibility index (Phi) is 3.89. The summed E-state index contributed by atoms with van der Waals surface area (Å²) in [5.74, 6) is 0.718. The second kappa shape index (κ2) is 3.99. The molecule has 0 atom stereocenters. The first kappa shape index (κ1) is 6.82. The van der Waals surface area contributed by atoms with Gasteiger partial charge >= 0.3 is 5.30 Å². The Bertz CT molecular complexity index is 62.7. The minimum absolute atomic E-state index is 0.718. The van der Waals surface area contributed by atoms with Crippen molar-refractivity contribution >= 4 is 17.1 Å². The van der Waals surface area contributed by atoms with E-state index in [0.29, 0.717) is 0 Å². The third-order valence-corrected chi connectivity index (χ3v) is 1.29. The van der Waals surface area contributed by atoms with Gasteiger partial charge in [0.05, 0.1) is 0 Å². The fraction of sp³-hybridized carbons (Fsp3) is 0.750. The molecule has 0 aromatic rings. The molecule has 42 valence electrons. The van der Waals surface area contributed by atoms with Gasteiger partial charge in [-0.25, -0.2) is 4.79 Å². The van der Waals surface area contributed by atoms with E-state index >= 15 is 0 Å². The number of rotatable bonds is 2. The second-order valence-corrected chi connectivity index (χ2v) is 2.16. The predicted molar refractivity (Wildman–Crippen MR) is 30.8 cm³/mol. The summed E-state index contributed by atoms with van der Waals surface area (Å²) in [5.41, 5.74) is 0. The van der Waals surface area contributed by atoms with Crippen LogP contribution in [-0.2, 0) is 0 Å². The molecule has 0 aromatic heterocycles. The molecule has 0 unspecified atom stereocenters. The highest BCUT2D eigenvalue weighted by Gasteiger charge is 1.91. The lowest BCUT2D eigenvalue weighted by Crippen LogP contribution is -1.84. The highest BCUT2D eigenvalue weighted by Crippen LogP contribution is 2.00. The van der Waals surface area contributed by atoms with Crippen LogP contribution in [0.2, 0.25) is 0 Å². The number of thioether (sulfide) groups is 1. The summed E-state index contributed by atoms with van der Waals surface area (Å²) in [4.78, 5) is 9.72. The molecule has 0 spiro atoms. The second-order valence-electron chi connectivity index (χ2n) is 1.11. The summed E-state index contributed by atoms with van der Waals surface area (Å²) >= 11 is 0.948. The summed E-state index contributed by atoms with van der Waals surface area (Å²) in [5, 5.41) is 7.23. The first-order chi connectivity index (χ1) is 3.27. The molecule has 0 saturated carbocycles. The molecule has 0 radical (unpaired) electrons. The van der Waals surface area contributed by atoms with Crippen molar-refractivity contribution in [1.82, 2.24) is 0 Å². The van der Waals surface area contributed by atoms with Crippen molar-refractivity contribution in [3.05, 3.63) is 0 Å². The van der Waals surface area contributed by atoms with Crippen LogP contribution in [0.15, 0.2) is 0 Å². The fourth-order valence-electron chi connectivity index (χ4n) is 0.189. The van der Waals surface area contributed by atoms with E-state index in [-0.39, 0.29) is 0 Å². The molecule has 0 rings (SSSR count). The van der Waals surface area contributed by atoms with Crippen LogP contribution < -0.4 is 0 Å². The average Bonchev–Trinajstić information content (AvgIpc) is 1.61. The van der Waals surface area contributed by atoms with E-state index in [1.165, 1.54) is 0 Å². The van der Waals surface area contributed by atoms with Crippen LogP contribution in [0.25, 0.3) is 0 Å². The maximum atomic E-state index is 9.72. The fourth-order valence-corrected chi connectivity index (χ4v) is 0.568. The van der Waals surface area contributed by atoms with Crippen molar-refractivity contribution in [3.8, 4) is 0 Å². The van der Waals surface area contributed by atoms with E-state index in [9.17, 15) is 4.79 Å². The SMILES string of the molecule is CCCSC(=O)O. The zero-order valence-corrected chi connectivity index (χ0v) is 4.99. The standard InChI is InChI=1S/C4H8O2S/c1-2-3-7-4(5)6/h2-3H2,1H3,(H,5,6). The molecule has 0 saturated heterocycles. The lowest BCUT2D eigenvalue weighted by molar-refractivity contribution is 0.222. The van der Waals surface area contributed by atoms with Crippen LogP contribution in [0, 0.1) is 0 Å². The first-order valence-electron chi connectivity index (χ1n) is 2.13. The Hall–Kier alpha value is -0.180. The lowest BCUT2D eigenvalue weighted by atomic mass is 10.6. The summed E-state index contributed by atoms with van der Waals surface area (Å²) in [6.07, 6.45) is 0.928. The van der Waals surface area contributed by atoms with E-state index in [1.54, 1.807) is 0 Å². The summed E-state index contributed by atoms with van der Waals surface area (Å²) in [6, 6.07) is 0. The molecule has 0 heterocycles. The largest absolute Gasteiger partial charge is 0.473 e. The molecule has 2 nitrogen and oxygen atoms in total. The Labute approximate surface area is 46.9 Å². The Balaban J connectivity index is 2.82. The average molecular weight is 120 g/mol. The number of hydrogen-bond donors (Lipinski definition) is 1. The molecule has 7 heavy (non-hydrogen) atoms. The monoisotopic (exact) mass is 120 g/mol. The molecule has 0 fully saturated rings. The van der Waals surface area contributed by atoms with Crippen molar-refractivity contribution < 1.29 is 9.90 Å². The minimum atomic E-state index is -0.776. The Morgan fingerprint density at radius 1 is 1.86 bits per heavy atom. The number of carbonyl (C=O) groups is 1. The van der Waals surface area contributed by atoms with Crippen LogP contribution in [0.1, 0.15) is 13.3 Å². The van der Waals surface area contributed by atoms with Crippen LogP contribution in [0.3, 0.4) is 0 Å². The Morgan fingerprint density at radius 2 is 2.43 bits per heavy atom. The van der Waals surface area contributed by atoms with Gasteiger partial charge in [-0.15, -0.1) is 0 Å². The van der Waals surface area contributed by atoms with Gasteiger partial charge in [0.2, 0.25) is 0 Å². The van der Waals surface area contributed by atoms with Crippen molar-refractivity contribution in [2.75, 3.05) is 5.75 Å². The maximum absolute atomic E-state index is 9.72. The van der Waals surface area contributed by atoms with Gasteiger partial charge in [0.15, 0.2) is 0 Å². The smallest absolute Gasteiger partial charge is 0.364 e. The van der Waals surface area contributed by atoms with Gasteiger partial charge in [-0.05, 0) is 18.2 Å². The summed E-state index contributed by atoms with van der Waals surface area (Å²) in [7, 11) is 0. The van der Waals surface area contributed by atoms with Gasteiger partial charge in [0.25, 0.3) is 0 Å².